The van der Waals surface area contributed by atoms with Crippen LogP contribution in [0.1, 0.15) is 36.2 Å². The average molecular weight is 429 g/mol. The lowest BCUT2D eigenvalue weighted by molar-refractivity contribution is 0.0695. The van der Waals surface area contributed by atoms with E-state index in [9.17, 15) is 23.5 Å². The van der Waals surface area contributed by atoms with Gasteiger partial charge in [-0.3, -0.25) is 4.79 Å². The van der Waals surface area contributed by atoms with E-state index in [0.29, 0.717) is 13.1 Å². The van der Waals surface area contributed by atoms with Crippen molar-refractivity contribution in [3.63, 3.8) is 0 Å². The zero-order chi connectivity index (χ0) is 20.0. The van der Waals surface area contributed by atoms with Crippen LogP contribution in [-0.2, 0) is 0 Å². The van der Waals surface area contributed by atoms with Crippen LogP contribution in [0.2, 0.25) is 0 Å². The van der Waals surface area contributed by atoms with Gasteiger partial charge in [-0.05, 0) is 25.5 Å². The lowest BCUT2D eigenvalue weighted by Gasteiger charge is -2.20. The van der Waals surface area contributed by atoms with Crippen LogP contribution in [-0.4, -0.2) is 53.0 Å². The Morgan fingerprint density at radius 1 is 1.38 bits per heavy atom. The number of hydrogen-bond donors (Lipinski definition) is 2. The number of halogens is 3. The number of alkyl halides is 1. The molecule has 2 fully saturated rings. The summed E-state index contributed by atoms with van der Waals surface area (Å²) in [6.45, 7) is 3.52. The van der Waals surface area contributed by atoms with Crippen LogP contribution < -0.4 is 15.6 Å². The van der Waals surface area contributed by atoms with Crippen LogP contribution in [0.4, 0.5) is 14.6 Å². The number of carbonyl (C=O) groups is 1. The summed E-state index contributed by atoms with van der Waals surface area (Å²) in [5.74, 6) is -2.36. The lowest BCUT2D eigenvalue weighted by atomic mass is 10.1. The fourth-order valence-electron chi connectivity index (χ4n) is 3.77. The molecule has 7 nitrogen and oxygen atoms in total. The molecule has 29 heavy (non-hydrogen) atoms. The van der Waals surface area contributed by atoms with Crippen LogP contribution in [0.25, 0.3) is 11.0 Å². The number of pyridine rings is 2. The number of rotatable bonds is 6. The molecule has 1 saturated carbocycles. The predicted octanol–water partition coefficient (Wildman–Crippen LogP) is 2.37. The van der Waals surface area contributed by atoms with Gasteiger partial charge in [0.1, 0.15) is 17.4 Å². The SMILES string of the molecule is CCNC[C@@H]1CN(c2nc3c(cc2F)c(=O)c(C(=O)O)cn3C2CC2)C[C@H]1F.Cl. The van der Waals surface area contributed by atoms with Gasteiger partial charge in [-0.25, -0.2) is 18.6 Å². The van der Waals surface area contributed by atoms with Gasteiger partial charge < -0.3 is 19.9 Å². The van der Waals surface area contributed by atoms with Gasteiger partial charge in [-0.2, -0.15) is 0 Å². The van der Waals surface area contributed by atoms with E-state index in [-0.39, 0.29) is 47.8 Å². The minimum atomic E-state index is -1.35. The summed E-state index contributed by atoms with van der Waals surface area (Å²) < 4.78 is 30.8. The van der Waals surface area contributed by atoms with Crippen LogP contribution in [0.15, 0.2) is 17.1 Å². The van der Waals surface area contributed by atoms with E-state index in [1.165, 1.54) is 6.20 Å². The van der Waals surface area contributed by atoms with Crippen molar-refractivity contribution in [1.29, 1.82) is 0 Å². The molecular weight excluding hydrogens is 406 g/mol. The van der Waals surface area contributed by atoms with E-state index in [1.54, 1.807) is 9.47 Å². The number of aromatic nitrogens is 2. The van der Waals surface area contributed by atoms with E-state index < -0.39 is 29.0 Å². The highest BCUT2D eigenvalue weighted by molar-refractivity contribution is 5.92. The highest BCUT2D eigenvalue weighted by Crippen LogP contribution is 2.37. The Hall–Kier alpha value is -2.26. The van der Waals surface area contributed by atoms with E-state index in [2.05, 4.69) is 10.3 Å². The average Bonchev–Trinajstić information content (AvgIpc) is 3.43. The fourth-order valence-corrected chi connectivity index (χ4v) is 3.77. The highest BCUT2D eigenvalue weighted by Gasteiger charge is 2.35. The summed E-state index contributed by atoms with van der Waals surface area (Å²) in [6, 6.07) is 1.08. The summed E-state index contributed by atoms with van der Waals surface area (Å²) >= 11 is 0. The number of carboxylic acid groups (broad SMARTS) is 1. The normalized spacial score (nSPS) is 21.4. The minimum absolute atomic E-state index is 0. The molecule has 158 valence electrons. The predicted molar refractivity (Wildman–Crippen MR) is 108 cm³/mol. The summed E-state index contributed by atoms with van der Waals surface area (Å²) in [5.41, 5.74) is -0.907. The molecular formula is C19H23ClF2N4O3. The monoisotopic (exact) mass is 428 g/mol. The molecule has 0 radical (unpaired) electrons. The Morgan fingerprint density at radius 2 is 2.10 bits per heavy atom. The summed E-state index contributed by atoms with van der Waals surface area (Å²) in [7, 11) is 0. The molecule has 0 amide bonds. The highest BCUT2D eigenvalue weighted by atomic mass is 35.5. The zero-order valence-electron chi connectivity index (χ0n) is 15.9. The van der Waals surface area contributed by atoms with Gasteiger partial charge in [0, 0.05) is 31.2 Å². The lowest BCUT2D eigenvalue weighted by Crippen LogP contribution is -2.29. The summed E-state index contributed by atoms with van der Waals surface area (Å²) in [4.78, 5) is 29.8. The van der Waals surface area contributed by atoms with Gasteiger partial charge in [-0.15, -0.1) is 12.4 Å². The molecule has 1 aliphatic carbocycles. The first kappa shape index (κ1) is 21.4. The third-order valence-electron chi connectivity index (χ3n) is 5.43. The number of carboxylic acids is 1. The molecule has 3 heterocycles. The Kier molecular flexibility index (Phi) is 6.09. The number of nitrogens with zero attached hydrogens (tertiary/aromatic N) is 3. The van der Waals surface area contributed by atoms with E-state index >= 15 is 0 Å². The van der Waals surface area contributed by atoms with Crippen molar-refractivity contribution in [3.05, 3.63) is 33.9 Å². The third-order valence-corrected chi connectivity index (χ3v) is 5.43. The molecule has 4 rings (SSSR count). The second-order valence-electron chi connectivity index (χ2n) is 7.47. The topological polar surface area (TPSA) is 87.5 Å². The van der Waals surface area contributed by atoms with Crippen LogP contribution in [0.5, 0.6) is 0 Å². The molecule has 2 atom stereocenters. The molecule has 2 aromatic heterocycles. The molecule has 0 bridgehead atoms. The van der Waals surface area contributed by atoms with Crippen molar-refractivity contribution < 1.29 is 18.7 Å². The number of fused-ring (bicyclic) bond motifs is 1. The van der Waals surface area contributed by atoms with Gasteiger partial charge in [0.2, 0.25) is 5.43 Å². The zero-order valence-corrected chi connectivity index (χ0v) is 16.7. The maximum absolute atomic E-state index is 14.8. The van der Waals surface area contributed by atoms with E-state index in [1.807, 2.05) is 6.92 Å². The number of anilines is 1. The van der Waals surface area contributed by atoms with Crippen molar-refractivity contribution in [2.45, 2.75) is 32.0 Å². The first-order valence-corrected chi connectivity index (χ1v) is 9.49. The largest absolute Gasteiger partial charge is 0.477 e. The fraction of sp³-hybridized carbons (Fsp3) is 0.526. The van der Waals surface area contributed by atoms with Gasteiger partial charge in [0.05, 0.1) is 11.9 Å². The van der Waals surface area contributed by atoms with Crippen LogP contribution in [0, 0.1) is 11.7 Å². The number of nitrogens with one attached hydrogen (secondary N) is 1. The van der Waals surface area contributed by atoms with Gasteiger partial charge in [-0.1, -0.05) is 6.92 Å². The second-order valence-corrected chi connectivity index (χ2v) is 7.47. The summed E-state index contributed by atoms with van der Waals surface area (Å²) in [6.07, 6.45) is 1.87. The second kappa shape index (κ2) is 8.23. The molecule has 2 N–H and O–H groups in total. The Balaban J connectivity index is 0.00000240. The van der Waals surface area contributed by atoms with Gasteiger partial charge >= 0.3 is 5.97 Å². The van der Waals surface area contributed by atoms with Crippen molar-refractivity contribution in [1.82, 2.24) is 14.9 Å². The standard InChI is InChI=1S/C19H22F2N4O3.ClH/c1-2-22-6-10-7-24(9-15(10)21)18-14(20)5-12-16(26)13(19(27)28)8-25(11-3-4-11)17(12)23-18;/h5,8,10-11,15,22H,2-4,6-7,9H2,1H3,(H,27,28);1H/t10-,15-;/m1./s1. The molecule has 10 heteroatoms. The molecule has 2 aliphatic rings. The van der Waals surface area contributed by atoms with Crippen LogP contribution >= 0.6 is 12.4 Å². The van der Waals surface area contributed by atoms with Gasteiger partial charge in [0.15, 0.2) is 11.6 Å². The molecule has 1 aliphatic heterocycles. The first-order valence-electron chi connectivity index (χ1n) is 9.49. The summed E-state index contributed by atoms with van der Waals surface area (Å²) in [5, 5.41) is 12.3. The Morgan fingerprint density at radius 3 is 2.72 bits per heavy atom. The van der Waals surface area contributed by atoms with Crippen molar-refractivity contribution >= 4 is 35.2 Å². The van der Waals surface area contributed by atoms with E-state index in [0.717, 1.165) is 25.5 Å². The molecule has 1 saturated heterocycles. The van der Waals surface area contributed by atoms with Crippen molar-refractivity contribution in [3.8, 4) is 0 Å². The van der Waals surface area contributed by atoms with E-state index in [4.69, 9.17) is 0 Å². The minimum Gasteiger partial charge on any atom is -0.477 e. The maximum Gasteiger partial charge on any atom is 0.341 e. The number of aromatic carboxylic acids is 1. The quantitative estimate of drug-likeness (QED) is 0.734. The smallest absolute Gasteiger partial charge is 0.341 e. The molecule has 2 aromatic rings. The first-order chi connectivity index (χ1) is 13.4. The molecule has 0 spiro atoms. The Labute approximate surface area is 172 Å². The Bertz CT molecular complexity index is 996. The van der Waals surface area contributed by atoms with Crippen molar-refractivity contribution in [2.24, 2.45) is 5.92 Å². The number of hydrogen-bond acceptors (Lipinski definition) is 5. The molecule has 0 unspecified atom stereocenters. The van der Waals surface area contributed by atoms with Crippen LogP contribution in [0.3, 0.4) is 0 Å². The third kappa shape index (κ3) is 3.93. The molecule has 0 aromatic carbocycles. The van der Waals surface area contributed by atoms with Gasteiger partial charge in [0.25, 0.3) is 0 Å². The van der Waals surface area contributed by atoms with Crippen molar-refractivity contribution in [2.75, 3.05) is 31.1 Å². The maximum atomic E-state index is 14.8.